The van der Waals surface area contributed by atoms with Gasteiger partial charge >= 0.3 is 0 Å². The second-order valence-electron chi connectivity index (χ2n) is 4.85. The van der Waals surface area contributed by atoms with Gasteiger partial charge in [0.25, 0.3) is 0 Å². The minimum atomic E-state index is 0.948. The summed E-state index contributed by atoms with van der Waals surface area (Å²) in [7, 11) is 0. The Bertz CT molecular complexity index is 303. The van der Waals surface area contributed by atoms with Crippen molar-refractivity contribution in [3.8, 4) is 0 Å². The van der Waals surface area contributed by atoms with Gasteiger partial charge in [-0.2, -0.15) is 0 Å². The number of hydrogen-bond donors (Lipinski definition) is 1. The smallest absolute Gasteiger partial charge is 0.107 e. The maximum absolute atomic E-state index is 4.44. The Labute approximate surface area is 102 Å². The Kier molecular flexibility index (Phi) is 4.79. The van der Waals surface area contributed by atoms with E-state index >= 15 is 0 Å². The molecule has 1 aromatic heterocycles. The van der Waals surface area contributed by atoms with Crippen LogP contribution >= 0.6 is 11.3 Å². The fourth-order valence-corrected chi connectivity index (χ4v) is 3.24. The molecule has 0 aliphatic heterocycles. The van der Waals surface area contributed by atoms with Crippen LogP contribution in [-0.4, -0.2) is 11.5 Å². The van der Waals surface area contributed by atoms with Gasteiger partial charge in [-0.3, -0.25) is 0 Å². The third-order valence-electron chi connectivity index (χ3n) is 3.38. The van der Waals surface area contributed by atoms with Crippen molar-refractivity contribution >= 4 is 11.3 Å². The van der Waals surface area contributed by atoms with E-state index in [-0.39, 0.29) is 0 Å². The zero-order chi connectivity index (χ0) is 11.2. The minimum absolute atomic E-state index is 0.948. The molecule has 90 valence electrons. The van der Waals surface area contributed by atoms with Gasteiger partial charge in [0.05, 0.1) is 0 Å². The van der Waals surface area contributed by atoms with Crippen molar-refractivity contribution in [2.45, 2.75) is 52.0 Å². The number of hydrogen-bond acceptors (Lipinski definition) is 3. The van der Waals surface area contributed by atoms with E-state index in [0.717, 1.165) is 24.7 Å². The SMILES string of the molecule is Cc1csc(CNCCCC2CCCC2)n1. The van der Waals surface area contributed by atoms with E-state index in [1.165, 1.54) is 43.5 Å². The van der Waals surface area contributed by atoms with Gasteiger partial charge in [0.1, 0.15) is 5.01 Å². The number of thiazole rings is 1. The molecule has 1 aromatic rings. The first-order valence-electron chi connectivity index (χ1n) is 6.46. The second kappa shape index (κ2) is 6.36. The highest BCUT2D eigenvalue weighted by atomic mass is 32.1. The van der Waals surface area contributed by atoms with E-state index < -0.39 is 0 Å². The van der Waals surface area contributed by atoms with Crippen LogP contribution in [0.2, 0.25) is 0 Å². The standard InChI is InChI=1S/C13H22N2S/c1-11-10-16-13(15-11)9-14-8-4-7-12-5-2-3-6-12/h10,12,14H,2-9H2,1H3. The fourth-order valence-electron chi connectivity index (χ4n) is 2.49. The van der Waals surface area contributed by atoms with Gasteiger partial charge in [-0.15, -0.1) is 11.3 Å². The lowest BCUT2D eigenvalue weighted by molar-refractivity contribution is 0.470. The van der Waals surface area contributed by atoms with E-state index in [1.807, 2.05) is 0 Å². The number of aryl methyl sites for hydroxylation is 1. The monoisotopic (exact) mass is 238 g/mol. The lowest BCUT2D eigenvalue weighted by atomic mass is 10.0. The van der Waals surface area contributed by atoms with Gasteiger partial charge in [-0.05, 0) is 32.2 Å². The molecule has 0 unspecified atom stereocenters. The van der Waals surface area contributed by atoms with E-state index in [9.17, 15) is 0 Å². The van der Waals surface area contributed by atoms with Gasteiger partial charge in [0.15, 0.2) is 0 Å². The van der Waals surface area contributed by atoms with Crippen LogP contribution in [0.15, 0.2) is 5.38 Å². The van der Waals surface area contributed by atoms with Crippen LogP contribution in [0.3, 0.4) is 0 Å². The molecule has 1 fully saturated rings. The van der Waals surface area contributed by atoms with E-state index in [2.05, 4.69) is 22.6 Å². The van der Waals surface area contributed by atoms with Crippen LogP contribution in [0.5, 0.6) is 0 Å². The molecule has 3 heteroatoms. The van der Waals surface area contributed by atoms with E-state index in [0.29, 0.717) is 0 Å². The van der Waals surface area contributed by atoms with Crippen molar-refractivity contribution in [2.75, 3.05) is 6.54 Å². The largest absolute Gasteiger partial charge is 0.310 e. The summed E-state index contributed by atoms with van der Waals surface area (Å²) in [5.41, 5.74) is 1.15. The summed E-state index contributed by atoms with van der Waals surface area (Å²) in [6.45, 7) is 4.15. The third-order valence-corrected chi connectivity index (χ3v) is 4.35. The molecule has 0 spiro atoms. The van der Waals surface area contributed by atoms with Crippen molar-refractivity contribution < 1.29 is 0 Å². The van der Waals surface area contributed by atoms with E-state index in [4.69, 9.17) is 0 Å². The molecule has 2 rings (SSSR count). The Balaban J connectivity index is 1.51. The Morgan fingerprint density at radius 2 is 2.25 bits per heavy atom. The molecule has 1 aliphatic rings. The van der Waals surface area contributed by atoms with Crippen molar-refractivity contribution in [1.82, 2.24) is 10.3 Å². The van der Waals surface area contributed by atoms with Gasteiger partial charge in [-0.25, -0.2) is 4.98 Å². The summed E-state index contributed by atoms with van der Waals surface area (Å²) in [6, 6.07) is 0. The summed E-state index contributed by atoms with van der Waals surface area (Å²) in [6.07, 6.45) is 8.64. The predicted molar refractivity (Wildman–Crippen MR) is 69.7 cm³/mol. The molecule has 0 aromatic carbocycles. The number of aromatic nitrogens is 1. The molecule has 1 heterocycles. The summed E-state index contributed by atoms with van der Waals surface area (Å²) in [5.74, 6) is 1.03. The summed E-state index contributed by atoms with van der Waals surface area (Å²) >= 11 is 1.76. The maximum atomic E-state index is 4.44. The Morgan fingerprint density at radius 3 is 2.94 bits per heavy atom. The highest BCUT2D eigenvalue weighted by Crippen LogP contribution is 2.28. The predicted octanol–water partition coefficient (Wildman–Crippen LogP) is 3.51. The maximum Gasteiger partial charge on any atom is 0.107 e. The van der Waals surface area contributed by atoms with Gasteiger partial charge in [-0.1, -0.05) is 25.7 Å². The number of rotatable bonds is 6. The topological polar surface area (TPSA) is 24.9 Å². The van der Waals surface area contributed by atoms with Crippen molar-refractivity contribution in [2.24, 2.45) is 5.92 Å². The van der Waals surface area contributed by atoms with Crippen LogP contribution in [-0.2, 0) is 6.54 Å². The number of nitrogens with zero attached hydrogens (tertiary/aromatic N) is 1. The third kappa shape index (κ3) is 3.87. The molecule has 1 N–H and O–H groups in total. The molecule has 0 bridgehead atoms. The average Bonchev–Trinajstić information content (AvgIpc) is 2.89. The van der Waals surface area contributed by atoms with Crippen LogP contribution in [0, 0.1) is 12.8 Å². The summed E-state index contributed by atoms with van der Waals surface area (Å²) < 4.78 is 0. The zero-order valence-corrected chi connectivity index (χ0v) is 11.0. The van der Waals surface area contributed by atoms with E-state index in [1.54, 1.807) is 11.3 Å². The molecular formula is C13H22N2S. The summed E-state index contributed by atoms with van der Waals surface area (Å²) in [5, 5.41) is 6.83. The first kappa shape index (κ1) is 12.1. The summed E-state index contributed by atoms with van der Waals surface area (Å²) in [4.78, 5) is 4.44. The normalized spacial score (nSPS) is 17.1. The van der Waals surface area contributed by atoms with Gasteiger partial charge in [0.2, 0.25) is 0 Å². The molecule has 1 saturated carbocycles. The van der Waals surface area contributed by atoms with Crippen LogP contribution in [0.4, 0.5) is 0 Å². The quantitative estimate of drug-likeness (QED) is 0.767. The highest BCUT2D eigenvalue weighted by Gasteiger charge is 2.13. The average molecular weight is 238 g/mol. The molecule has 2 nitrogen and oxygen atoms in total. The molecule has 16 heavy (non-hydrogen) atoms. The molecule has 0 amide bonds. The highest BCUT2D eigenvalue weighted by molar-refractivity contribution is 7.09. The molecule has 0 saturated heterocycles. The minimum Gasteiger partial charge on any atom is -0.310 e. The van der Waals surface area contributed by atoms with Gasteiger partial charge < -0.3 is 5.32 Å². The first-order valence-corrected chi connectivity index (χ1v) is 7.34. The molecule has 0 radical (unpaired) electrons. The first-order chi connectivity index (χ1) is 7.84. The lowest BCUT2D eigenvalue weighted by Crippen LogP contribution is -2.15. The van der Waals surface area contributed by atoms with Crippen LogP contribution < -0.4 is 5.32 Å². The molecule has 1 aliphatic carbocycles. The molecule has 0 atom stereocenters. The van der Waals surface area contributed by atoms with Crippen LogP contribution in [0.25, 0.3) is 0 Å². The lowest BCUT2D eigenvalue weighted by Gasteiger charge is -2.08. The van der Waals surface area contributed by atoms with Crippen molar-refractivity contribution in [3.63, 3.8) is 0 Å². The fraction of sp³-hybridized carbons (Fsp3) is 0.769. The number of nitrogens with one attached hydrogen (secondary N) is 1. The van der Waals surface area contributed by atoms with Crippen LogP contribution in [0.1, 0.15) is 49.2 Å². The zero-order valence-electron chi connectivity index (χ0n) is 10.2. The molecular weight excluding hydrogens is 216 g/mol. The Hall–Kier alpha value is -0.410. The second-order valence-corrected chi connectivity index (χ2v) is 5.79. The van der Waals surface area contributed by atoms with Gasteiger partial charge in [0, 0.05) is 17.6 Å². The van der Waals surface area contributed by atoms with Crippen molar-refractivity contribution in [1.29, 1.82) is 0 Å². The van der Waals surface area contributed by atoms with Crippen molar-refractivity contribution in [3.05, 3.63) is 16.1 Å². The Morgan fingerprint density at radius 1 is 1.44 bits per heavy atom.